The lowest BCUT2D eigenvalue weighted by atomic mass is 9.89. The highest BCUT2D eigenvalue weighted by molar-refractivity contribution is 5.98. The number of nitrogens with one attached hydrogen (secondary N) is 1. The molecule has 1 saturated heterocycles. The van der Waals surface area contributed by atoms with Gasteiger partial charge in [-0.1, -0.05) is 42.5 Å². The number of carbonyl (C=O) groups is 2. The molecule has 3 rings (SSSR count). The molecule has 1 amide bonds. The number of amides is 1. The summed E-state index contributed by atoms with van der Waals surface area (Å²) < 4.78 is 4.78. The second kappa shape index (κ2) is 10.7. The fourth-order valence-corrected chi connectivity index (χ4v) is 4.00. The predicted octanol–water partition coefficient (Wildman–Crippen LogP) is 3.42. The number of para-hydroxylation sites is 2. The first-order chi connectivity index (χ1) is 15.0. The first-order valence-corrected chi connectivity index (χ1v) is 10.4. The van der Waals surface area contributed by atoms with Crippen molar-refractivity contribution in [2.75, 3.05) is 25.5 Å². The normalized spacial score (nSPS) is 15.8. The van der Waals surface area contributed by atoms with E-state index in [0.29, 0.717) is 19.0 Å². The number of nitrogens with zero attached hydrogens (tertiary/aromatic N) is 2. The number of hydrogen-bond donors (Lipinski definition) is 1. The largest absolute Gasteiger partial charge is 0.469 e. The number of nitro groups is 1. The summed E-state index contributed by atoms with van der Waals surface area (Å²) in [6.45, 7) is 1.34. The standard InChI is InChI=1S/C23H27N3O5/c1-31-22(27)16-21(23(28)24-19-9-5-6-10-20(19)26(29)30)25-13-11-18(12-14-25)15-17-7-3-2-4-8-17/h2-10,18,21H,11-16H2,1H3,(H,24,28). The van der Waals surface area contributed by atoms with Crippen LogP contribution in [0.2, 0.25) is 0 Å². The van der Waals surface area contributed by atoms with Gasteiger partial charge in [0.1, 0.15) is 11.7 Å². The van der Waals surface area contributed by atoms with Gasteiger partial charge in [-0.2, -0.15) is 0 Å². The zero-order chi connectivity index (χ0) is 22.2. The molecule has 8 heteroatoms. The third-order valence-corrected chi connectivity index (χ3v) is 5.71. The van der Waals surface area contributed by atoms with Gasteiger partial charge in [-0.15, -0.1) is 0 Å². The molecule has 1 heterocycles. The number of methoxy groups -OCH3 is 1. The molecule has 1 atom stereocenters. The minimum absolute atomic E-state index is 0.105. The molecule has 0 spiro atoms. The quantitative estimate of drug-likeness (QED) is 0.395. The summed E-state index contributed by atoms with van der Waals surface area (Å²) in [4.78, 5) is 37.7. The van der Waals surface area contributed by atoms with Gasteiger partial charge in [0.2, 0.25) is 5.91 Å². The molecule has 1 N–H and O–H groups in total. The third-order valence-electron chi connectivity index (χ3n) is 5.71. The van der Waals surface area contributed by atoms with Crippen LogP contribution in [0.3, 0.4) is 0 Å². The molecule has 1 fully saturated rings. The summed E-state index contributed by atoms with van der Waals surface area (Å²) in [5.41, 5.74) is 1.22. The maximum absolute atomic E-state index is 13.0. The van der Waals surface area contributed by atoms with E-state index in [-0.39, 0.29) is 17.8 Å². The number of ether oxygens (including phenoxy) is 1. The molecule has 8 nitrogen and oxygen atoms in total. The summed E-state index contributed by atoms with van der Waals surface area (Å²) in [6, 6.07) is 15.5. The fourth-order valence-electron chi connectivity index (χ4n) is 4.00. The Kier molecular flexibility index (Phi) is 7.72. The van der Waals surface area contributed by atoms with E-state index in [4.69, 9.17) is 4.74 Å². The average Bonchev–Trinajstić information content (AvgIpc) is 2.78. The lowest BCUT2D eigenvalue weighted by Gasteiger charge is -2.36. The Labute approximate surface area is 181 Å². The number of esters is 1. The van der Waals surface area contributed by atoms with Gasteiger partial charge in [-0.25, -0.2) is 0 Å². The number of carbonyl (C=O) groups excluding carboxylic acids is 2. The molecular formula is C23H27N3O5. The monoisotopic (exact) mass is 425 g/mol. The zero-order valence-electron chi connectivity index (χ0n) is 17.5. The van der Waals surface area contributed by atoms with E-state index in [0.717, 1.165) is 19.3 Å². The number of likely N-dealkylation sites (tertiary alicyclic amines) is 1. The highest BCUT2D eigenvalue weighted by atomic mass is 16.6. The number of piperidine rings is 1. The Morgan fingerprint density at radius 1 is 1.13 bits per heavy atom. The van der Waals surface area contributed by atoms with Gasteiger partial charge in [0.25, 0.3) is 5.69 Å². The van der Waals surface area contributed by atoms with Crippen molar-refractivity contribution >= 4 is 23.3 Å². The zero-order valence-corrected chi connectivity index (χ0v) is 17.5. The van der Waals surface area contributed by atoms with Crippen LogP contribution in [0.15, 0.2) is 54.6 Å². The Balaban J connectivity index is 1.67. The number of benzene rings is 2. The molecule has 1 unspecified atom stereocenters. The van der Waals surface area contributed by atoms with Gasteiger partial charge in [0.05, 0.1) is 18.5 Å². The minimum atomic E-state index is -0.745. The molecular weight excluding hydrogens is 398 g/mol. The Bertz CT molecular complexity index is 910. The smallest absolute Gasteiger partial charge is 0.307 e. The Morgan fingerprint density at radius 3 is 2.42 bits per heavy atom. The summed E-state index contributed by atoms with van der Waals surface area (Å²) in [6.07, 6.45) is 2.70. The van der Waals surface area contributed by atoms with Crippen LogP contribution in [0, 0.1) is 16.0 Å². The van der Waals surface area contributed by atoms with Gasteiger partial charge in [-0.3, -0.25) is 24.6 Å². The molecule has 1 aliphatic rings. The number of hydrogen-bond acceptors (Lipinski definition) is 6. The van der Waals surface area contributed by atoms with E-state index in [2.05, 4.69) is 17.4 Å². The molecule has 0 aliphatic carbocycles. The minimum Gasteiger partial charge on any atom is -0.469 e. The number of anilines is 1. The molecule has 31 heavy (non-hydrogen) atoms. The first kappa shape index (κ1) is 22.4. The van der Waals surface area contributed by atoms with Crippen molar-refractivity contribution in [1.82, 2.24) is 4.90 Å². The van der Waals surface area contributed by atoms with Crippen molar-refractivity contribution in [1.29, 1.82) is 0 Å². The topological polar surface area (TPSA) is 102 Å². The first-order valence-electron chi connectivity index (χ1n) is 10.4. The highest BCUT2D eigenvalue weighted by Gasteiger charge is 2.33. The molecule has 0 radical (unpaired) electrons. The fraction of sp³-hybridized carbons (Fsp3) is 0.391. The molecule has 0 bridgehead atoms. The van der Waals surface area contributed by atoms with Crippen LogP contribution >= 0.6 is 0 Å². The lowest BCUT2D eigenvalue weighted by Crippen LogP contribution is -2.49. The summed E-state index contributed by atoms with van der Waals surface area (Å²) in [5, 5.41) is 13.9. The third kappa shape index (κ3) is 6.11. The van der Waals surface area contributed by atoms with Crippen LogP contribution < -0.4 is 5.32 Å². The molecule has 2 aromatic rings. The van der Waals surface area contributed by atoms with Gasteiger partial charge in [-0.05, 0) is 49.9 Å². The van der Waals surface area contributed by atoms with Crippen molar-refractivity contribution in [2.45, 2.75) is 31.7 Å². The van der Waals surface area contributed by atoms with Crippen molar-refractivity contribution in [3.63, 3.8) is 0 Å². The van der Waals surface area contributed by atoms with Gasteiger partial charge >= 0.3 is 5.97 Å². The maximum Gasteiger partial charge on any atom is 0.307 e. The lowest BCUT2D eigenvalue weighted by molar-refractivity contribution is -0.383. The van der Waals surface area contributed by atoms with E-state index < -0.39 is 22.8 Å². The highest BCUT2D eigenvalue weighted by Crippen LogP contribution is 2.26. The second-order valence-corrected chi connectivity index (χ2v) is 7.73. The van der Waals surface area contributed by atoms with Crippen LogP contribution in [0.1, 0.15) is 24.8 Å². The van der Waals surface area contributed by atoms with Crippen LogP contribution in [-0.4, -0.2) is 47.9 Å². The van der Waals surface area contributed by atoms with Crippen LogP contribution in [0.25, 0.3) is 0 Å². The molecule has 1 aliphatic heterocycles. The Morgan fingerprint density at radius 2 is 1.77 bits per heavy atom. The van der Waals surface area contributed by atoms with Gasteiger partial charge < -0.3 is 10.1 Å². The van der Waals surface area contributed by atoms with Crippen molar-refractivity contribution < 1.29 is 19.2 Å². The summed E-state index contributed by atoms with van der Waals surface area (Å²) in [7, 11) is 1.28. The van der Waals surface area contributed by atoms with Crippen LogP contribution in [0.5, 0.6) is 0 Å². The molecule has 164 valence electrons. The number of rotatable bonds is 8. The summed E-state index contributed by atoms with van der Waals surface area (Å²) in [5.74, 6) is -0.425. The van der Waals surface area contributed by atoms with Crippen molar-refractivity contribution in [3.8, 4) is 0 Å². The Hall–Kier alpha value is -3.26. The van der Waals surface area contributed by atoms with Gasteiger partial charge in [0.15, 0.2) is 0 Å². The van der Waals surface area contributed by atoms with E-state index in [1.165, 1.54) is 30.9 Å². The van der Waals surface area contributed by atoms with E-state index in [1.807, 2.05) is 23.1 Å². The van der Waals surface area contributed by atoms with Gasteiger partial charge in [0, 0.05) is 6.07 Å². The summed E-state index contributed by atoms with van der Waals surface area (Å²) >= 11 is 0. The SMILES string of the molecule is COC(=O)CC(C(=O)Nc1ccccc1[N+](=O)[O-])N1CCC(Cc2ccccc2)CC1. The maximum atomic E-state index is 13.0. The second-order valence-electron chi connectivity index (χ2n) is 7.73. The van der Waals surface area contributed by atoms with E-state index >= 15 is 0 Å². The molecule has 0 aromatic heterocycles. The predicted molar refractivity (Wildman–Crippen MR) is 117 cm³/mol. The average molecular weight is 425 g/mol. The molecule has 2 aromatic carbocycles. The number of nitro benzene ring substituents is 1. The van der Waals surface area contributed by atoms with Crippen molar-refractivity contribution in [2.24, 2.45) is 5.92 Å². The van der Waals surface area contributed by atoms with E-state index in [1.54, 1.807) is 6.07 Å². The molecule has 0 saturated carbocycles. The van der Waals surface area contributed by atoms with E-state index in [9.17, 15) is 19.7 Å². The van der Waals surface area contributed by atoms with Crippen LogP contribution in [0.4, 0.5) is 11.4 Å². The van der Waals surface area contributed by atoms with Crippen LogP contribution in [-0.2, 0) is 20.7 Å². The van der Waals surface area contributed by atoms with Crippen molar-refractivity contribution in [3.05, 3.63) is 70.3 Å².